The molecule has 6 nitrogen and oxygen atoms in total. The Hall–Kier alpha value is -2.89. The van der Waals surface area contributed by atoms with Crippen molar-refractivity contribution >= 4 is 23.3 Å². The number of aromatic nitrogens is 1. The van der Waals surface area contributed by atoms with Crippen molar-refractivity contribution in [2.24, 2.45) is 5.92 Å². The lowest BCUT2D eigenvalue weighted by atomic mass is 9.79. The Morgan fingerprint density at radius 1 is 1.32 bits per heavy atom. The van der Waals surface area contributed by atoms with E-state index in [9.17, 15) is 9.59 Å². The first-order valence-corrected chi connectivity index (χ1v) is 9.78. The van der Waals surface area contributed by atoms with Crippen LogP contribution in [0, 0.1) is 5.92 Å². The number of carbonyl (C=O) groups excluding carboxylic acids is 2. The Kier molecular flexibility index (Phi) is 5.68. The second-order valence-corrected chi connectivity index (χ2v) is 7.78. The van der Waals surface area contributed by atoms with Crippen molar-refractivity contribution in [3.8, 4) is 0 Å². The van der Waals surface area contributed by atoms with E-state index in [1.807, 2.05) is 44.2 Å². The van der Waals surface area contributed by atoms with Gasteiger partial charge >= 0.3 is 11.8 Å². The predicted octanol–water partition coefficient (Wildman–Crippen LogP) is 3.34. The SMILES string of the molecule is CCc1cc(NC(=O)C(=O)N2C[C@@H](C)CC[C@@]2(C)c2ccccc2)cnc1N. The van der Waals surface area contributed by atoms with Crippen LogP contribution in [-0.4, -0.2) is 28.2 Å². The van der Waals surface area contributed by atoms with Gasteiger partial charge < -0.3 is 16.0 Å². The van der Waals surface area contributed by atoms with Gasteiger partial charge in [0.15, 0.2) is 0 Å². The fourth-order valence-electron chi connectivity index (χ4n) is 3.85. The van der Waals surface area contributed by atoms with Crippen LogP contribution in [0.5, 0.6) is 0 Å². The van der Waals surface area contributed by atoms with E-state index in [2.05, 4.69) is 17.2 Å². The van der Waals surface area contributed by atoms with Crippen LogP contribution in [0.1, 0.15) is 44.7 Å². The molecular formula is C22H28N4O2. The molecule has 6 heteroatoms. The van der Waals surface area contributed by atoms with Crippen molar-refractivity contribution in [1.29, 1.82) is 0 Å². The van der Waals surface area contributed by atoms with E-state index in [1.54, 1.807) is 11.0 Å². The molecule has 0 bridgehead atoms. The molecule has 3 N–H and O–H groups in total. The van der Waals surface area contributed by atoms with Crippen LogP contribution in [0.4, 0.5) is 11.5 Å². The molecular weight excluding hydrogens is 352 g/mol. The van der Waals surface area contributed by atoms with Gasteiger partial charge in [-0.2, -0.15) is 0 Å². The third-order valence-corrected chi connectivity index (χ3v) is 5.69. The van der Waals surface area contributed by atoms with E-state index in [4.69, 9.17) is 5.73 Å². The number of anilines is 2. The number of pyridine rings is 1. The number of benzene rings is 1. The molecule has 2 aromatic rings. The van der Waals surface area contributed by atoms with Crippen molar-refractivity contribution in [1.82, 2.24) is 9.88 Å². The summed E-state index contributed by atoms with van der Waals surface area (Å²) in [5, 5.41) is 2.70. The number of piperidine rings is 1. The molecule has 0 spiro atoms. The van der Waals surface area contributed by atoms with Gasteiger partial charge in [-0.25, -0.2) is 4.98 Å². The average Bonchev–Trinajstić information content (AvgIpc) is 2.71. The first-order chi connectivity index (χ1) is 13.3. The van der Waals surface area contributed by atoms with Crippen LogP contribution in [0.15, 0.2) is 42.6 Å². The van der Waals surface area contributed by atoms with Crippen LogP contribution in [0.25, 0.3) is 0 Å². The summed E-state index contributed by atoms with van der Waals surface area (Å²) in [6.45, 7) is 6.67. The lowest BCUT2D eigenvalue weighted by Crippen LogP contribution is -2.55. The minimum Gasteiger partial charge on any atom is -0.383 e. The summed E-state index contributed by atoms with van der Waals surface area (Å²) in [4.78, 5) is 31.7. The molecule has 2 heterocycles. The van der Waals surface area contributed by atoms with Gasteiger partial charge in [0.25, 0.3) is 0 Å². The minimum atomic E-state index is -0.648. The van der Waals surface area contributed by atoms with Crippen molar-refractivity contribution in [2.75, 3.05) is 17.6 Å². The molecule has 2 atom stereocenters. The highest BCUT2D eigenvalue weighted by atomic mass is 16.2. The zero-order chi connectivity index (χ0) is 20.3. The van der Waals surface area contributed by atoms with E-state index in [0.29, 0.717) is 30.4 Å². The number of hydrogen-bond donors (Lipinski definition) is 2. The Balaban J connectivity index is 1.84. The summed E-state index contributed by atoms with van der Waals surface area (Å²) >= 11 is 0. The van der Waals surface area contributed by atoms with E-state index in [-0.39, 0.29) is 0 Å². The lowest BCUT2D eigenvalue weighted by Gasteiger charge is -2.47. The Bertz CT molecular complexity index is 868. The zero-order valence-corrected chi connectivity index (χ0v) is 16.7. The Labute approximate surface area is 166 Å². The predicted molar refractivity (Wildman–Crippen MR) is 111 cm³/mol. The van der Waals surface area contributed by atoms with Crippen LogP contribution in [-0.2, 0) is 21.5 Å². The second-order valence-electron chi connectivity index (χ2n) is 7.78. The number of likely N-dealkylation sites (tertiary alicyclic amines) is 1. The van der Waals surface area contributed by atoms with Crippen LogP contribution < -0.4 is 11.1 Å². The highest BCUT2D eigenvalue weighted by Gasteiger charge is 2.42. The number of amides is 2. The summed E-state index contributed by atoms with van der Waals surface area (Å²) < 4.78 is 0. The molecule has 0 unspecified atom stereocenters. The maximum absolute atomic E-state index is 13.1. The van der Waals surface area contributed by atoms with Crippen LogP contribution in [0.3, 0.4) is 0 Å². The average molecular weight is 380 g/mol. The van der Waals surface area contributed by atoms with Gasteiger partial charge in [0.1, 0.15) is 5.82 Å². The number of nitrogens with one attached hydrogen (secondary N) is 1. The first kappa shape index (κ1) is 19.9. The topological polar surface area (TPSA) is 88.3 Å². The van der Waals surface area contributed by atoms with Crippen molar-refractivity contribution in [3.05, 3.63) is 53.7 Å². The molecule has 1 aromatic carbocycles. The molecule has 1 saturated heterocycles. The number of nitrogens with zero attached hydrogens (tertiary/aromatic N) is 2. The van der Waals surface area contributed by atoms with Crippen LogP contribution in [0.2, 0.25) is 0 Å². The van der Waals surface area contributed by atoms with Crippen molar-refractivity contribution in [2.45, 2.75) is 45.6 Å². The van der Waals surface area contributed by atoms with Gasteiger partial charge in [0, 0.05) is 6.54 Å². The summed E-state index contributed by atoms with van der Waals surface area (Å²) in [7, 11) is 0. The zero-order valence-electron chi connectivity index (χ0n) is 16.7. The first-order valence-electron chi connectivity index (χ1n) is 9.78. The normalized spacial score (nSPS) is 22.0. The Morgan fingerprint density at radius 3 is 2.71 bits per heavy atom. The molecule has 2 amide bonds. The lowest BCUT2D eigenvalue weighted by molar-refractivity contribution is -0.150. The maximum atomic E-state index is 13.1. The van der Waals surface area contributed by atoms with Gasteiger partial charge in [-0.1, -0.05) is 44.2 Å². The molecule has 1 aromatic heterocycles. The molecule has 1 fully saturated rings. The quantitative estimate of drug-likeness (QED) is 0.800. The summed E-state index contributed by atoms with van der Waals surface area (Å²) in [5.41, 5.74) is 7.69. The van der Waals surface area contributed by atoms with Gasteiger partial charge in [-0.15, -0.1) is 0 Å². The molecule has 1 aliphatic rings. The van der Waals surface area contributed by atoms with Crippen molar-refractivity contribution in [3.63, 3.8) is 0 Å². The third kappa shape index (κ3) is 3.86. The number of nitrogens with two attached hydrogens (primary N) is 1. The van der Waals surface area contributed by atoms with E-state index in [1.165, 1.54) is 6.20 Å². The standard InChI is InChI=1S/C22H28N4O2/c1-4-16-12-18(13-24-19(16)23)25-20(27)21(28)26-14-15(2)10-11-22(26,3)17-8-6-5-7-9-17/h5-9,12-13,15H,4,10-11,14H2,1-3H3,(H2,23,24)(H,25,27)/t15-,22-/m0/s1. The highest BCUT2D eigenvalue weighted by molar-refractivity contribution is 6.39. The van der Waals surface area contributed by atoms with E-state index < -0.39 is 17.4 Å². The van der Waals surface area contributed by atoms with E-state index in [0.717, 1.165) is 24.0 Å². The van der Waals surface area contributed by atoms with E-state index >= 15 is 0 Å². The Morgan fingerprint density at radius 2 is 2.04 bits per heavy atom. The maximum Gasteiger partial charge on any atom is 0.313 e. The molecule has 0 aliphatic carbocycles. The van der Waals surface area contributed by atoms with Crippen molar-refractivity contribution < 1.29 is 9.59 Å². The van der Waals surface area contributed by atoms with Gasteiger partial charge in [-0.05, 0) is 49.3 Å². The summed E-state index contributed by atoms with van der Waals surface area (Å²) in [6, 6.07) is 11.7. The number of aryl methyl sites for hydroxylation is 1. The second kappa shape index (κ2) is 8.00. The molecule has 28 heavy (non-hydrogen) atoms. The van der Waals surface area contributed by atoms with Gasteiger partial charge in [0.2, 0.25) is 0 Å². The molecule has 0 radical (unpaired) electrons. The highest BCUT2D eigenvalue weighted by Crippen LogP contribution is 2.39. The molecule has 148 valence electrons. The number of carbonyl (C=O) groups is 2. The monoisotopic (exact) mass is 380 g/mol. The van der Waals surface area contributed by atoms with Crippen LogP contribution >= 0.6 is 0 Å². The number of rotatable bonds is 3. The third-order valence-electron chi connectivity index (χ3n) is 5.69. The summed E-state index contributed by atoms with van der Waals surface area (Å²) in [6.07, 6.45) is 4.01. The molecule has 1 aliphatic heterocycles. The fourth-order valence-corrected chi connectivity index (χ4v) is 3.85. The fraction of sp³-hybridized carbons (Fsp3) is 0.409. The largest absolute Gasteiger partial charge is 0.383 e. The number of hydrogen-bond acceptors (Lipinski definition) is 4. The smallest absolute Gasteiger partial charge is 0.313 e. The van der Waals surface area contributed by atoms with Gasteiger partial charge in [0.05, 0.1) is 17.4 Å². The molecule has 0 saturated carbocycles. The molecule has 3 rings (SSSR count). The van der Waals surface area contributed by atoms with Gasteiger partial charge in [-0.3, -0.25) is 9.59 Å². The summed E-state index contributed by atoms with van der Waals surface area (Å²) in [5.74, 6) is -0.385. The minimum absolute atomic E-state index is 0.346. The number of nitrogen functional groups attached to an aromatic ring is 1.